The molecule has 0 radical (unpaired) electrons. The van der Waals surface area contributed by atoms with E-state index in [-0.39, 0.29) is 18.3 Å². The second kappa shape index (κ2) is 10.4. The molecule has 8 heteroatoms. The van der Waals surface area contributed by atoms with Crippen LogP contribution >= 0.6 is 12.4 Å². The van der Waals surface area contributed by atoms with Crippen molar-refractivity contribution in [3.63, 3.8) is 0 Å². The van der Waals surface area contributed by atoms with E-state index in [0.29, 0.717) is 12.6 Å². The molecule has 0 saturated heterocycles. The second-order valence-corrected chi connectivity index (χ2v) is 7.33. The van der Waals surface area contributed by atoms with Gasteiger partial charge in [0, 0.05) is 19.1 Å². The molecule has 1 fully saturated rings. The summed E-state index contributed by atoms with van der Waals surface area (Å²) < 4.78 is 24.3. The number of hydrogen-bond acceptors (Lipinski definition) is 4. The first kappa shape index (κ1) is 20.6. The zero-order valence-corrected chi connectivity index (χ0v) is 14.5. The number of halogens is 1. The smallest absolute Gasteiger partial charge is 0.237 e. The monoisotopic (exact) mass is 341 g/mol. The lowest BCUT2D eigenvalue weighted by Gasteiger charge is -2.17. The maximum Gasteiger partial charge on any atom is 0.237 e. The summed E-state index contributed by atoms with van der Waals surface area (Å²) in [4.78, 5) is 11.7. The van der Waals surface area contributed by atoms with Crippen molar-refractivity contribution in [1.82, 2.24) is 15.4 Å². The van der Waals surface area contributed by atoms with Gasteiger partial charge in [-0.2, -0.15) is 0 Å². The van der Waals surface area contributed by atoms with Crippen LogP contribution in [0.25, 0.3) is 0 Å². The third-order valence-electron chi connectivity index (χ3n) is 3.50. The second-order valence-electron chi connectivity index (χ2n) is 5.55. The summed E-state index contributed by atoms with van der Waals surface area (Å²) in [6.07, 6.45) is 8.66. The first-order valence-corrected chi connectivity index (χ1v) is 9.26. The Hall–Kier alpha value is -0.370. The molecule has 0 aliphatic heterocycles. The van der Waals surface area contributed by atoms with Crippen LogP contribution in [-0.4, -0.2) is 45.8 Å². The van der Waals surface area contributed by atoms with E-state index in [1.165, 1.54) is 45.4 Å². The lowest BCUT2D eigenvalue weighted by molar-refractivity contribution is -0.122. The van der Waals surface area contributed by atoms with Gasteiger partial charge in [-0.25, -0.2) is 13.1 Å². The van der Waals surface area contributed by atoms with Crippen molar-refractivity contribution in [2.24, 2.45) is 0 Å². The molecule has 21 heavy (non-hydrogen) atoms. The van der Waals surface area contributed by atoms with Crippen molar-refractivity contribution in [3.8, 4) is 0 Å². The number of amides is 1. The Labute approximate surface area is 134 Å². The van der Waals surface area contributed by atoms with E-state index in [0.717, 1.165) is 12.8 Å². The number of carbonyl (C=O) groups is 1. The maximum atomic E-state index is 11.7. The average molecular weight is 342 g/mol. The van der Waals surface area contributed by atoms with Crippen molar-refractivity contribution in [2.75, 3.05) is 19.3 Å². The van der Waals surface area contributed by atoms with Gasteiger partial charge in [-0.1, -0.05) is 25.7 Å². The van der Waals surface area contributed by atoms with Crippen LogP contribution in [0.4, 0.5) is 0 Å². The molecule has 0 aromatic rings. The summed E-state index contributed by atoms with van der Waals surface area (Å²) in [5.74, 6) is -0.293. The number of carbonyl (C=O) groups excluding carboxylic acids is 1. The van der Waals surface area contributed by atoms with Crippen molar-refractivity contribution in [3.05, 3.63) is 0 Å². The molecule has 0 aromatic heterocycles. The predicted octanol–water partition coefficient (Wildman–Crippen LogP) is 0.775. The van der Waals surface area contributed by atoms with Gasteiger partial charge in [0.15, 0.2) is 0 Å². The number of nitrogens with one attached hydrogen (secondary N) is 3. The number of rotatable bonds is 7. The van der Waals surface area contributed by atoms with E-state index in [9.17, 15) is 13.2 Å². The minimum Gasteiger partial charge on any atom is -0.353 e. The Balaban J connectivity index is 0.00000400. The molecule has 1 rings (SSSR count). The molecule has 1 aliphatic carbocycles. The summed E-state index contributed by atoms with van der Waals surface area (Å²) in [5, 5.41) is 6.18. The van der Waals surface area contributed by atoms with E-state index in [2.05, 4.69) is 15.4 Å². The van der Waals surface area contributed by atoms with E-state index >= 15 is 0 Å². The fraction of sp³-hybridized carbons (Fsp3) is 0.923. The van der Waals surface area contributed by atoms with Crippen molar-refractivity contribution < 1.29 is 13.2 Å². The van der Waals surface area contributed by atoms with Crippen molar-refractivity contribution in [1.29, 1.82) is 0 Å². The largest absolute Gasteiger partial charge is 0.353 e. The molecular formula is C13H28ClN3O3S. The lowest BCUT2D eigenvalue weighted by Crippen LogP contribution is -2.46. The van der Waals surface area contributed by atoms with Gasteiger partial charge in [0.25, 0.3) is 0 Å². The SMILES string of the molecule is CC(NS(C)(=O)=O)C(=O)NCCNC1CCCCCC1.Cl. The highest BCUT2D eigenvalue weighted by molar-refractivity contribution is 7.88. The molecule has 0 heterocycles. The van der Waals surface area contributed by atoms with Crippen LogP contribution in [0, 0.1) is 0 Å². The molecule has 126 valence electrons. The number of sulfonamides is 1. The first-order chi connectivity index (χ1) is 9.38. The Morgan fingerprint density at radius 1 is 1.14 bits per heavy atom. The van der Waals surface area contributed by atoms with Gasteiger partial charge in [0.2, 0.25) is 15.9 Å². The van der Waals surface area contributed by atoms with Crippen LogP contribution in [0.3, 0.4) is 0 Å². The topological polar surface area (TPSA) is 87.3 Å². The van der Waals surface area contributed by atoms with Crippen molar-refractivity contribution in [2.45, 2.75) is 57.5 Å². The number of hydrogen-bond donors (Lipinski definition) is 3. The van der Waals surface area contributed by atoms with Crippen molar-refractivity contribution >= 4 is 28.3 Å². The third-order valence-corrected chi connectivity index (χ3v) is 4.28. The van der Waals surface area contributed by atoms with Crippen LogP contribution in [0.1, 0.15) is 45.4 Å². The first-order valence-electron chi connectivity index (χ1n) is 7.37. The molecule has 6 nitrogen and oxygen atoms in total. The van der Waals surface area contributed by atoms with Crippen LogP contribution in [0.2, 0.25) is 0 Å². The standard InChI is InChI=1S/C13H27N3O3S.ClH/c1-11(16-20(2,18)19)13(17)15-10-9-14-12-7-5-3-4-6-8-12;/h11-12,14,16H,3-10H2,1-2H3,(H,15,17);1H. The Morgan fingerprint density at radius 3 is 2.24 bits per heavy atom. The zero-order valence-electron chi connectivity index (χ0n) is 12.9. The fourth-order valence-corrected chi connectivity index (χ4v) is 3.22. The van der Waals surface area contributed by atoms with Gasteiger partial charge >= 0.3 is 0 Å². The molecule has 1 amide bonds. The van der Waals surface area contributed by atoms with Gasteiger partial charge in [-0.15, -0.1) is 12.4 Å². The molecule has 1 unspecified atom stereocenters. The lowest BCUT2D eigenvalue weighted by atomic mass is 10.1. The summed E-state index contributed by atoms with van der Waals surface area (Å²) in [7, 11) is -3.35. The molecule has 0 bridgehead atoms. The summed E-state index contributed by atoms with van der Waals surface area (Å²) in [6, 6.07) is -0.177. The van der Waals surface area contributed by atoms with Gasteiger partial charge in [0.05, 0.1) is 12.3 Å². The van der Waals surface area contributed by atoms with Gasteiger partial charge in [-0.3, -0.25) is 4.79 Å². The molecule has 0 spiro atoms. The molecular weight excluding hydrogens is 314 g/mol. The molecule has 0 aromatic carbocycles. The zero-order chi connectivity index (χ0) is 15.0. The predicted molar refractivity (Wildman–Crippen MR) is 87.2 cm³/mol. The Kier molecular flexibility index (Phi) is 10.2. The third kappa shape index (κ3) is 10.1. The average Bonchev–Trinajstić information content (AvgIpc) is 2.60. The highest BCUT2D eigenvalue weighted by atomic mass is 35.5. The van der Waals surface area contributed by atoms with Crippen LogP contribution < -0.4 is 15.4 Å². The summed E-state index contributed by atoms with van der Waals surface area (Å²) in [5.41, 5.74) is 0. The van der Waals surface area contributed by atoms with Crippen LogP contribution in [0.5, 0.6) is 0 Å². The molecule has 1 atom stereocenters. The van der Waals surface area contributed by atoms with Gasteiger partial charge in [0.1, 0.15) is 0 Å². The van der Waals surface area contributed by atoms with E-state index in [1.54, 1.807) is 0 Å². The highest BCUT2D eigenvalue weighted by Gasteiger charge is 2.16. The summed E-state index contributed by atoms with van der Waals surface area (Å²) >= 11 is 0. The minimum absolute atomic E-state index is 0. The van der Waals surface area contributed by atoms with Crippen LogP contribution in [0.15, 0.2) is 0 Å². The maximum absolute atomic E-state index is 11.7. The molecule has 1 aliphatic rings. The minimum atomic E-state index is -3.35. The quantitative estimate of drug-likeness (QED) is 0.471. The Bertz CT molecular complexity index is 395. The van der Waals surface area contributed by atoms with Gasteiger partial charge < -0.3 is 10.6 Å². The van der Waals surface area contributed by atoms with Gasteiger partial charge in [-0.05, 0) is 19.8 Å². The molecule has 3 N–H and O–H groups in total. The van der Waals surface area contributed by atoms with Crippen LogP contribution in [-0.2, 0) is 14.8 Å². The van der Waals surface area contributed by atoms with E-state index in [1.807, 2.05) is 0 Å². The van der Waals surface area contributed by atoms with E-state index in [4.69, 9.17) is 0 Å². The fourth-order valence-electron chi connectivity index (χ4n) is 2.47. The summed E-state index contributed by atoms with van der Waals surface area (Å²) in [6.45, 7) is 2.78. The normalized spacial score (nSPS) is 18.4. The molecule has 1 saturated carbocycles. The van der Waals surface area contributed by atoms with E-state index < -0.39 is 16.1 Å². The highest BCUT2D eigenvalue weighted by Crippen LogP contribution is 2.16. The Morgan fingerprint density at radius 2 is 1.71 bits per heavy atom.